The average Bonchev–Trinajstić information content (AvgIpc) is 2.85. The number of halogens is 2. The van der Waals surface area contributed by atoms with Crippen LogP contribution in [0.4, 0.5) is 13.8 Å². The number of anilines is 1. The third kappa shape index (κ3) is 3.46. The van der Waals surface area contributed by atoms with Crippen LogP contribution in [0, 0.1) is 18.6 Å². The zero-order valence-electron chi connectivity index (χ0n) is 13.5. The maximum Gasteiger partial charge on any atom is 0.341 e. The number of ether oxygens (including phenoxy) is 1. The highest BCUT2D eigenvalue weighted by Crippen LogP contribution is 2.34. The van der Waals surface area contributed by atoms with Crippen LogP contribution in [-0.2, 0) is 11.2 Å². The van der Waals surface area contributed by atoms with Gasteiger partial charge in [0, 0.05) is 4.88 Å². The smallest absolute Gasteiger partial charge is 0.341 e. The van der Waals surface area contributed by atoms with Gasteiger partial charge in [0.2, 0.25) is 0 Å². The van der Waals surface area contributed by atoms with E-state index in [4.69, 9.17) is 4.74 Å². The van der Waals surface area contributed by atoms with E-state index < -0.39 is 29.1 Å². The predicted octanol–water partition coefficient (Wildman–Crippen LogP) is 4.33. The Morgan fingerprint density at radius 3 is 2.58 bits per heavy atom. The molecule has 1 aromatic heterocycles. The van der Waals surface area contributed by atoms with Crippen molar-refractivity contribution in [3.8, 4) is 0 Å². The van der Waals surface area contributed by atoms with Gasteiger partial charge in [-0.15, -0.1) is 11.3 Å². The first-order valence-electron chi connectivity index (χ1n) is 7.45. The second kappa shape index (κ2) is 7.53. The van der Waals surface area contributed by atoms with Crippen molar-refractivity contribution < 1.29 is 23.1 Å². The van der Waals surface area contributed by atoms with Crippen molar-refractivity contribution in [2.75, 3.05) is 11.9 Å². The Morgan fingerprint density at radius 1 is 1.25 bits per heavy atom. The molecule has 0 spiro atoms. The van der Waals surface area contributed by atoms with Gasteiger partial charge in [-0.05, 0) is 38.0 Å². The number of carbonyl (C=O) groups excluding carboxylic acids is 2. The topological polar surface area (TPSA) is 55.4 Å². The summed E-state index contributed by atoms with van der Waals surface area (Å²) in [5.41, 5.74) is 0.620. The Balaban J connectivity index is 2.40. The van der Waals surface area contributed by atoms with Gasteiger partial charge in [-0.25, -0.2) is 13.6 Å². The molecule has 0 radical (unpaired) electrons. The SMILES string of the molecule is CCOC(=O)c1c(NC(=O)c2cccc(F)c2F)sc(C)c1CC. The largest absolute Gasteiger partial charge is 0.462 e. The van der Waals surface area contributed by atoms with Gasteiger partial charge in [0.15, 0.2) is 11.6 Å². The summed E-state index contributed by atoms with van der Waals surface area (Å²) < 4.78 is 32.1. The average molecular weight is 353 g/mol. The second-order valence-electron chi connectivity index (χ2n) is 4.97. The lowest BCUT2D eigenvalue weighted by atomic mass is 10.1. The molecular weight excluding hydrogens is 336 g/mol. The van der Waals surface area contributed by atoms with Crippen LogP contribution in [0.5, 0.6) is 0 Å². The van der Waals surface area contributed by atoms with Gasteiger partial charge in [-0.2, -0.15) is 0 Å². The minimum Gasteiger partial charge on any atom is -0.462 e. The second-order valence-corrected chi connectivity index (χ2v) is 6.20. The first kappa shape index (κ1) is 18.1. The maximum atomic E-state index is 13.8. The zero-order valence-corrected chi connectivity index (χ0v) is 14.4. The van der Waals surface area contributed by atoms with Gasteiger partial charge in [0.25, 0.3) is 5.91 Å². The first-order valence-corrected chi connectivity index (χ1v) is 8.27. The summed E-state index contributed by atoms with van der Waals surface area (Å²) in [5, 5.41) is 2.78. The zero-order chi connectivity index (χ0) is 17.9. The molecule has 4 nitrogen and oxygen atoms in total. The lowest BCUT2D eigenvalue weighted by Crippen LogP contribution is -2.17. The lowest BCUT2D eigenvalue weighted by Gasteiger charge is -2.08. The minimum absolute atomic E-state index is 0.197. The van der Waals surface area contributed by atoms with Crippen LogP contribution in [0.15, 0.2) is 18.2 Å². The molecule has 1 aromatic carbocycles. The summed E-state index contributed by atoms with van der Waals surface area (Å²) in [6.45, 7) is 5.59. The van der Waals surface area contributed by atoms with Gasteiger partial charge in [-0.1, -0.05) is 13.0 Å². The standard InChI is InChI=1S/C17H17F2NO3S/c1-4-10-9(3)24-16(13(10)17(22)23-5-2)20-15(21)11-7-6-8-12(18)14(11)19/h6-8H,4-5H2,1-3H3,(H,20,21). The fraction of sp³-hybridized carbons (Fsp3) is 0.294. The van der Waals surface area contributed by atoms with Crippen LogP contribution in [0.1, 0.15) is 45.0 Å². The Morgan fingerprint density at radius 2 is 1.96 bits per heavy atom. The van der Waals surface area contributed by atoms with Crippen LogP contribution in [0.25, 0.3) is 0 Å². The van der Waals surface area contributed by atoms with Crippen molar-refractivity contribution in [1.82, 2.24) is 0 Å². The number of benzene rings is 1. The van der Waals surface area contributed by atoms with Crippen molar-refractivity contribution in [2.45, 2.75) is 27.2 Å². The van der Waals surface area contributed by atoms with Crippen molar-refractivity contribution in [3.63, 3.8) is 0 Å². The number of hydrogen-bond donors (Lipinski definition) is 1. The number of rotatable bonds is 5. The molecule has 0 saturated heterocycles. The number of aryl methyl sites for hydroxylation is 1. The van der Waals surface area contributed by atoms with Crippen LogP contribution in [0.3, 0.4) is 0 Å². The molecule has 7 heteroatoms. The normalized spacial score (nSPS) is 10.5. The highest BCUT2D eigenvalue weighted by molar-refractivity contribution is 7.16. The Hall–Kier alpha value is -2.28. The quantitative estimate of drug-likeness (QED) is 0.814. The van der Waals surface area contributed by atoms with E-state index in [1.165, 1.54) is 23.5 Å². The van der Waals surface area contributed by atoms with Crippen LogP contribution in [-0.4, -0.2) is 18.5 Å². The summed E-state index contributed by atoms with van der Waals surface area (Å²) in [4.78, 5) is 25.3. The van der Waals surface area contributed by atoms with Crippen LogP contribution in [0.2, 0.25) is 0 Å². The van der Waals surface area contributed by atoms with Crippen LogP contribution >= 0.6 is 11.3 Å². The summed E-state index contributed by atoms with van der Waals surface area (Å²) in [7, 11) is 0. The van der Waals surface area contributed by atoms with E-state index in [9.17, 15) is 18.4 Å². The van der Waals surface area contributed by atoms with E-state index in [1.54, 1.807) is 6.92 Å². The third-order valence-electron chi connectivity index (χ3n) is 3.47. The van der Waals surface area contributed by atoms with Gasteiger partial charge in [-0.3, -0.25) is 4.79 Å². The van der Waals surface area contributed by atoms with Gasteiger partial charge in [0.1, 0.15) is 5.00 Å². The molecule has 0 saturated carbocycles. The number of nitrogens with one attached hydrogen (secondary N) is 1. The fourth-order valence-electron chi connectivity index (χ4n) is 2.36. The van der Waals surface area contributed by atoms with Gasteiger partial charge >= 0.3 is 5.97 Å². The van der Waals surface area contributed by atoms with Crippen molar-refractivity contribution in [1.29, 1.82) is 0 Å². The molecule has 0 unspecified atom stereocenters. The Labute approximate surface area is 142 Å². The van der Waals surface area contributed by atoms with E-state index in [0.29, 0.717) is 6.42 Å². The number of hydrogen-bond acceptors (Lipinski definition) is 4. The highest BCUT2D eigenvalue weighted by Gasteiger charge is 2.25. The summed E-state index contributed by atoms with van der Waals surface area (Å²) in [6, 6.07) is 3.36. The molecule has 0 bridgehead atoms. The van der Waals surface area contributed by atoms with E-state index in [0.717, 1.165) is 16.5 Å². The molecule has 0 aliphatic carbocycles. The molecule has 0 atom stereocenters. The van der Waals surface area contributed by atoms with Gasteiger partial charge < -0.3 is 10.1 Å². The first-order chi connectivity index (χ1) is 11.4. The van der Waals surface area contributed by atoms with Crippen molar-refractivity contribution >= 4 is 28.2 Å². The molecule has 24 heavy (non-hydrogen) atoms. The molecule has 2 aromatic rings. The Bertz CT molecular complexity index is 786. The minimum atomic E-state index is -1.23. The summed E-state index contributed by atoms with van der Waals surface area (Å²) in [6.07, 6.45) is 0.584. The third-order valence-corrected chi connectivity index (χ3v) is 4.53. The molecular formula is C17H17F2NO3S. The number of amides is 1. The fourth-order valence-corrected chi connectivity index (χ4v) is 3.49. The molecule has 1 N–H and O–H groups in total. The molecule has 1 amide bonds. The molecule has 0 aliphatic rings. The molecule has 128 valence electrons. The van der Waals surface area contributed by atoms with E-state index in [2.05, 4.69) is 5.32 Å². The summed E-state index contributed by atoms with van der Waals surface area (Å²) >= 11 is 1.20. The highest BCUT2D eigenvalue weighted by atomic mass is 32.1. The number of carbonyl (C=O) groups is 2. The molecule has 2 rings (SSSR count). The maximum absolute atomic E-state index is 13.8. The van der Waals surface area contributed by atoms with Crippen molar-refractivity contribution in [2.24, 2.45) is 0 Å². The summed E-state index contributed by atoms with van der Waals surface area (Å²) in [5.74, 6) is -3.70. The van der Waals surface area contributed by atoms with E-state index in [-0.39, 0.29) is 17.2 Å². The Kier molecular flexibility index (Phi) is 5.66. The molecule has 0 fully saturated rings. The number of esters is 1. The van der Waals surface area contributed by atoms with Crippen molar-refractivity contribution in [3.05, 3.63) is 51.4 Å². The molecule has 0 aliphatic heterocycles. The number of thiophene rings is 1. The van der Waals surface area contributed by atoms with Crippen LogP contribution < -0.4 is 5.32 Å². The predicted molar refractivity (Wildman–Crippen MR) is 88.7 cm³/mol. The monoisotopic (exact) mass is 353 g/mol. The van der Waals surface area contributed by atoms with E-state index >= 15 is 0 Å². The van der Waals surface area contributed by atoms with Gasteiger partial charge in [0.05, 0.1) is 17.7 Å². The van der Waals surface area contributed by atoms with E-state index in [1.807, 2.05) is 13.8 Å². The molecule has 1 heterocycles. The lowest BCUT2D eigenvalue weighted by molar-refractivity contribution is 0.0527.